The average molecular weight is 417 g/mol. The van der Waals surface area contributed by atoms with Crippen molar-refractivity contribution in [3.05, 3.63) is 83.9 Å². The number of nitrogens with zero attached hydrogens (tertiary/aromatic N) is 1. The van der Waals surface area contributed by atoms with Crippen LogP contribution in [0.15, 0.2) is 72.8 Å². The van der Waals surface area contributed by atoms with Gasteiger partial charge in [0.2, 0.25) is 0 Å². The van der Waals surface area contributed by atoms with Crippen molar-refractivity contribution in [1.82, 2.24) is 4.98 Å². The quantitative estimate of drug-likeness (QED) is 0.298. The second-order valence-corrected chi connectivity index (χ2v) is 7.53. The van der Waals surface area contributed by atoms with Gasteiger partial charge in [0.25, 0.3) is 0 Å². The standard InChI is InChI=1S/C24H20N2O3S/c1-28-21-14-8-16(15-22(21)29-2)7-13-20(27)17-9-11-18(12-10-17)25-24-26-19-5-3-4-6-23(19)30-24/h3-15H,1-2H3,(H,25,26)/b13-7+. The summed E-state index contributed by atoms with van der Waals surface area (Å²) in [6, 6.07) is 20.9. The topological polar surface area (TPSA) is 60.5 Å². The van der Waals surface area contributed by atoms with Crippen LogP contribution >= 0.6 is 11.3 Å². The number of methoxy groups -OCH3 is 2. The first-order chi connectivity index (χ1) is 14.7. The predicted molar refractivity (Wildman–Crippen MR) is 122 cm³/mol. The Morgan fingerprint density at radius 1 is 0.967 bits per heavy atom. The van der Waals surface area contributed by atoms with Gasteiger partial charge in [0.05, 0.1) is 24.4 Å². The second kappa shape index (κ2) is 8.80. The molecule has 5 nitrogen and oxygen atoms in total. The zero-order valence-electron chi connectivity index (χ0n) is 16.6. The highest BCUT2D eigenvalue weighted by Crippen LogP contribution is 2.29. The van der Waals surface area contributed by atoms with Gasteiger partial charge in [-0.25, -0.2) is 4.98 Å². The minimum atomic E-state index is -0.0729. The van der Waals surface area contributed by atoms with Crippen LogP contribution in [0.2, 0.25) is 0 Å². The third-order valence-electron chi connectivity index (χ3n) is 4.55. The Morgan fingerprint density at radius 3 is 2.47 bits per heavy atom. The van der Waals surface area contributed by atoms with Gasteiger partial charge in [-0.2, -0.15) is 0 Å². The summed E-state index contributed by atoms with van der Waals surface area (Å²) in [4.78, 5) is 17.1. The van der Waals surface area contributed by atoms with E-state index >= 15 is 0 Å². The Bertz CT molecular complexity index is 1180. The molecule has 0 unspecified atom stereocenters. The van der Waals surface area contributed by atoms with Gasteiger partial charge in [-0.05, 0) is 60.2 Å². The molecule has 0 aliphatic heterocycles. The number of para-hydroxylation sites is 1. The fourth-order valence-electron chi connectivity index (χ4n) is 2.99. The van der Waals surface area contributed by atoms with Gasteiger partial charge < -0.3 is 14.8 Å². The van der Waals surface area contributed by atoms with Crippen molar-refractivity contribution in [3.8, 4) is 11.5 Å². The first-order valence-electron chi connectivity index (χ1n) is 9.33. The van der Waals surface area contributed by atoms with Crippen LogP contribution in [0.4, 0.5) is 10.8 Å². The Kier molecular flexibility index (Phi) is 5.77. The first-order valence-corrected chi connectivity index (χ1v) is 10.1. The van der Waals surface area contributed by atoms with Crippen LogP contribution in [0.3, 0.4) is 0 Å². The van der Waals surface area contributed by atoms with Gasteiger partial charge in [-0.15, -0.1) is 0 Å². The number of aromatic nitrogens is 1. The number of fused-ring (bicyclic) bond motifs is 1. The molecular weight excluding hydrogens is 396 g/mol. The molecule has 0 amide bonds. The van der Waals surface area contributed by atoms with E-state index < -0.39 is 0 Å². The van der Waals surface area contributed by atoms with Crippen LogP contribution in [0.1, 0.15) is 15.9 Å². The molecule has 4 aromatic rings. The van der Waals surface area contributed by atoms with E-state index in [0.29, 0.717) is 17.1 Å². The number of hydrogen-bond donors (Lipinski definition) is 1. The van der Waals surface area contributed by atoms with E-state index in [1.807, 2.05) is 54.6 Å². The third kappa shape index (κ3) is 4.34. The van der Waals surface area contributed by atoms with Gasteiger partial charge in [0.1, 0.15) is 0 Å². The number of ketones is 1. The molecule has 1 heterocycles. The maximum Gasteiger partial charge on any atom is 0.188 e. The molecule has 1 N–H and O–H groups in total. The SMILES string of the molecule is COc1ccc(/C=C/C(=O)c2ccc(Nc3nc4ccccc4s3)cc2)cc1OC. The second-order valence-electron chi connectivity index (χ2n) is 6.50. The van der Waals surface area contributed by atoms with E-state index in [1.165, 1.54) is 0 Å². The van der Waals surface area contributed by atoms with Crippen molar-refractivity contribution in [2.75, 3.05) is 19.5 Å². The van der Waals surface area contributed by atoms with Gasteiger partial charge in [0.15, 0.2) is 22.4 Å². The van der Waals surface area contributed by atoms with Crippen molar-refractivity contribution in [3.63, 3.8) is 0 Å². The lowest BCUT2D eigenvalue weighted by Crippen LogP contribution is -1.95. The van der Waals surface area contributed by atoms with Gasteiger partial charge in [-0.1, -0.05) is 35.6 Å². The van der Waals surface area contributed by atoms with Gasteiger partial charge in [0, 0.05) is 11.3 Å². The smallest absolute Gasteiger partial charge is 0.188 e. The summed E-state index contributed by atoms with van der Waals surface area (Å²) in [5.74, 6) is 1.20. The first kappa shape index (κ1) is 19.7. The lowest BCUT2D eigenvalue weighted by Gasteiger charge is -2.07. The highest BCUT2D eigenvalue weighted by Gasteiger charge is 2.06. The summed E-state index contributed by atoms with van der Waals surface area (Å²) in [5.41, 5.74) is 3.32. The Hall–Kier alpha value is -3.64. The Labute approximate surface area is 178 Å². The number of anilines is 2. The average Bonchev–Trinajstić information content (AvgIpc) is 3.20. The molecule has 30 heavy (non-hydrogen) atoms. The zero-order valence-corrected chi connectivity index (χ0v) is 17.4. The number of rotatable bonds is 7. The molecule has 4 rings (SSSR count). The lowest BCUT2D eigenvalue weighted by molar-refractivity contribution is 0.104. The molecule has 0 fully saturated rings. The minimum absolute atomic E-state index is 0.0729. The zero-order chi connectivity index (χ0) is 20.9. The normalized spacial score (nSPS) is 11.0. The van der Waals surface area contributed by atoms with Crippen molar-refractivity contribution in [2.24, 2.45) is 0 Å². The highest BCUT2D eigenvalue weighted by atomic mass is 32.1. The number of benzene rings is 3. The van der Waals surface area contributed by atoms with Crippen molar-refractivity contribution in [1.29, 1.82) is 0 Å². The number of allylic oxidation sites excluding steroid dienone is 1. The number of thiazole rings is 1. The molecule has 0 spiro atoms. The molecule has 0 radical (unpaired) electrons. The van der Waals surface area contributed by atoms with Gasteiger partial charge >= 0.3 is 0 Å². The van der Waals surface area contributed by atoms with E-state index in [9.17, 15) is 4.79 Å². The van der Waals surface area contributed by atoms with Crippen LogP contribution in [-0.4, -0.2) is 25.0 Å². The summed E-state index contributed by atoms with van der Waals surface area (Å²) < 4.78 is 11.7. The van der Waals surface area contributed by atoms with Crippen molar-refractivity contribution in [2.45, 2.75) is 0 Å². The fraction of sp³-hybridized carbons (Fsp3) is 0.0833. The Morgan fingerprint density at radius 2 is 1.73 bits per heavy atom. The fourth-order valence-corrected chi connectivity index (χ4v) is 3.88. The molecule has 0 bridgehead atoms. The van der Waals surface area contributed by atoms with Crippen LogP contribution in [-0.2, 0) is 0 Å². The van der Waals surface area contributed by atoms with Crippen LogP contribution in [0, 0.1) is 0 Å². The Balaban J connectivity index is 1.44. The van der Waals surface area contributed by atoms with E-state index in [2.05, 4.69) is 10.3 Å². The van der Waals surface area contributed by atoms with Crippen molar-refractivity contribution < 1.29 is 14.3 Å². The summed E-state index contributed by atoms with van der Waals surface area (Å²) in [7, 11) is 3.17. The summed E-state index contributed by atoms with van der Waals surface area (Å²) in [5, 5.41) is 4.12. The highest BCUT2D eigenvalue weighted by molar-refractivity contribution is 7.22. The lowest BCUT2D eigenvalue weighted by atomic mass is 10.1. The largest absolute Gasteiger partial charge is 0.493 e. The van der Waals surface area contributed by atoms with Gasteiger partial charge in [-0.3, -0.25) is 4.79 Å². The number of nitrogens with one attached hydrogen (secondary N) is 1. The number of hydrogen-bond acceptors (Lipinski definition) is 6. The number of ether oxygens (including phenoxy) is 2. The van der Waals surface area contributed by atoms with E-state index in [1.54, 1.807) is 49.8 Å². The molecule has 1 aromatic heterocycles. The molecule has 0 saturated heterocycles. The summed E-state index contributed by atoms with van der Waals surface area (Å²) >= 11 is 1.59. The maximum absolute atomic E-state index is 12.5. The van der Waals surface area contributed by atoms with Crippen LogP contribution in [0.5, 0.6) is 11.5 Å². The van der Waals surface area contributed by atoms with E-state index in [0.717, 1.165) is 26.6 Å². The van der Waals surface area contributed by atoms with Crippen LogP contribution in [0.25, 0.3) is 16.3 Å². The monoisotopic (exact) mass is 416 g/mol. The molecule has 150 valence electrons. The van der Waals surface area contributed by atoms with Crippen LogP contribution < -0.4 is 14.8 Å². The molecular formula is C24H20N2O3S. The van der Waals surface area contributed by atoms with Crippen molar-refractivity contribution >= 4 is 44.2 Å². The number of carbonyl (C=O) groups excluding carboxylic acids is 1. The number of carbonyl (C=O) groups is 1. The molecule has 6 heteroatoms. The maximum atomic E-state index is 12.5. The molecule has 0 aliphatic carbocycles. The minimum Gasteiger partial charge on any atom is -0.493 e. The molecule has 3 aromatic carbocycles. The predicted octanol–water partition coefficient (Wildman–Crippen LogP) is 5.95. The summed E-state index contributed by atoms with van der Waals surface area (Å²) in [6.45, 7) is 0. The molecule has 0 aliphatic rings. The van der Waals surface area contributed by atoms with E-state index in [4.69, 9.17) is 9.47 Å². The van der Waals surface area contributed by atoms with E-state index in [-0.39, 0.29) is 5.78 Å². The third-order valence-corrected chi connectivity index (χ3v) is 5.50. The molecule has 0 saturated carbocycles. The summed E-state index contributed by atoms with van der Waals surface area (Å²) in [6.07, 6.45) is 3.31. The molecule has 0 atom stereocenters.